The highest BCUT2D eigenvalue weighted by atomic mass is 16.5. The molecular formula is C20H24N2O3. The number of methoxy groups -OCH3 is 2. The van der Waals surface area contributed by atoms with Crippen LogP contribution in [-0.4, -0.2) is 39.8 Å². The van der Waals surface area contributed by atoms with Gasteiger partial charge in [-0.15, -0.1) is 0 Å². The second-order valence-electron chi connectivity index (χ2n) is 6.09. The number of nitrogens with zero attached hydrogens (tertiary/aromatic N) is 1. The van der Waals surface area contributed by atoms with Crippen LogP contribution in [-0.2, 0) is 17.6 Å². The molecule has 5 nitrogen and oxygen atoms in total. The average molecular weight is 340 g/mol. The van der Waals surface area contributed by atoms with E-state index in [9.17, 15) is 4.79 Å². The first-order chi connectivity index (χ1) is 12.2. The van der Waals surface area contributed by atoms with Gasteiger partial charge in [0.1, 0.15) is 0 Å². The van der Waals surface area contributed by atoms with Crippen molar-refractivity contribution in [3.05, 3.63) is 53.6 Å². The fourth-order valence-electron chi connectivity index (χ4n) is 3.18. The van der Waals surface area contributed by atoms with E-state index in [1.165, 1.54) is 11.3 Å². The molecule has 1 aliphatic rings. The topological polar surface area (TPSA) is 50.8 Å². The highest BCUT2D eigenvalue weighted by Crippen LogP contribution is 2.28. The zero-order valence-corrected chi connectivity index (χ0v) is 14.7. The molecule has 2 aromatic carbocycles. The lowest BCUT2D eigenvalue weighted by atomic mass is 10.1. The van der Waals surface area contributed by atoms with E-state index >= 15 is 0 Å². The van der Waals surface area contributed by atoms with E-state index in [-0.39, 0.29) is 5.91 Å². The van der Waals surface area contributed by atoms with E-state index in [0.29, 0.717) is 24.6 Å². The van der Waals surface area contributed by atoms with E-state index in [1.54, 1.807) is 14.2 Å². The minimum atomic E-state index is 0.0529. The number of nitrogens with one attached hydrogen (secondary N) is 1. The summed E-state index contributed by atoms with van der Waals surface area (Å²) in [5.41, 5.74) is 3.60. The van der Waals surface area contributed by atoms with Crippen molar-refractivity contribution in [1.29, 1.82) is 0 Å². The molecule has 0 aromatic heterocycles. The minimum absolute atomic E-state index is 0.0529. The van der Waals surface area contributed by atoms with Gasteiger partial charge < -0.3 is 19.7 Å². The minimum Gasteiger partial charge on any atom is -0.493 e. The first-order valence-electron chi connectivity index (χ1n) is 8.51. The lowest BCUT2D eigenvalue weighted by molar-refractivity contribution is -0.119. The molecule has 2 aromatic rings. The van der Waals surface area contributed by atoms with Crippen LogP contribution in [0.15, 0.2) is 42.5 Å². The maximum Gasteiger partial charge on any atom is 0.239 e. The number of hydrogen-bond acceptors (Lipinski definition) is 4. The SMILES string of the molecule is COc1ccc(CCNC(=O)CN2CCc3ccccc32)cc1OC. The van der Waals surface area contributed by atoms with Gasteiger partial charge in [-0.25, -0.2) is 0 Å². The van der Waals surface area contributed by atoms with Gasteiger partial charge >= 0.3 is 0 Å². The zero-order valence-electron chi connectivity index (χ0n) is 14.7. The highest BCUT2D eigenvalue weighted by Gasteiger charge is 2.20. The Labute approximate surface area is 148 Å². The van der Waals surface area contributed by atoms with Crippen LogP contribution in [0.1, 0.15) is 11.1 Å². The summed E-state index contributed by atoms with van der Waals surface area (Å²) in [5, 5.41) is 3.00. The first-order valence-corrected chi connectivity index (χ1v) is 8.51. The van der Waals surface area contributed by atoms with Crippen LogP contribution in [0.3, 0.4) is 0 Å². The molecule has 0 spiro atoms. The molecule has 5 heteroatoms. The van der Waals surface area contributed by atoms with Gasteiger partial charge in [-0.3, -0.25) is 4.79 Å². The number of amides is 1. The third-order valence-electron chi connectivity index (χ3n) is 4.50. The van der Waals surface area contributed by atoms with Crippen LogP contribution in [0.2, 0.25) is 0 Å². The molecule has 0 fully saturated rings. The molecule has 1 aliphatic heterocycles. The van der Waals surface area contributed by atoms with Gasteiger partial charge in [0.05, 0.1) is 20.8 Å². The van der Waals surface area contributed by atoms with Gasteiger partial charge in [0.2, 0.25) is 5.91 Å². The molecule has 1 N–H and O–H groups in total. The van der Waals surface area contributed by atoms with Gasteiger partial charge in [-0.2, -0.15) is 0 Å². The average Bonchev–Trinajstić information content (AvgIpc) is 3.04. The molecule has 0 saturated carbocycles. The molecule has 0 unspecified atom stereocenters. The second-order valence-corrected chi connectivity index (χ2v) is 6.09. The van der Waals surface area contributed by atoms with Crippen LogP contribution in [0.4, 0.5) is 5.69 Å². The normalized spacial score (nSPS) is 12.6. The fourth-order valence-corrected chi connectivity index (χ4v) is 3.18. The number of para-hydroxylation sites is 1. The van der Waals surface area contributed by atoms with E-state index in [4.69, 9.17) is 9.47 Å². The number of carbonyl (C=O) groups is 1. The molecule has 1 amide bonds. The monoisotopic (exact) mass is 340 g/mol. The molecule has 1 heterocycles. The largest absolute Gasteiger partial charge is 0.493 e. The standard InChI is InChI=1S/C20H24N2O3/c1-24-18-8-7-15(13-19(18)25-2)9-11-21-20(23)14-22-12-10-16-5-3-4-6-17(16)22/h3-8,13H,9-12,14H2,1-2H3,(H,21,23). The number of hydrogen-bond donors (Lipinski definition) is 1. The lowest BCUT2D eigenvalue weighted by Crippen LogP contribution is -2.37. The zero-order chi connectivity index (χ0) is 17.6. The number of anilines is 1. The van der Waals surface area contributed by atoms with Crippen molar-refractivity contribution >= 4 is 11.6 Å². The summed E-state index contributed by atoms with van der Waals surface area (Å²) in [4.78, 5) is 14.4. The number of ether oxygens (including phenoxy) is 2. The van der Waals surface area contributed by atoms with Crippen molar-refractivity contribution in [2.24, 2.45) is 0 Å². The maximum atomic E-state index is 12.2. The van der Waals surface area contributed by atoms with Crippen molar-refractivity contribution in [3.63, 3.8) is 0 Å². The van der Waals surface area contributed by atoms with Gasteiger partial charge in [-0.05, 0) is 42.2 Å². The molecule has 3 rings (SSSR count). The smallest absolute Gasteiger partial charge is 0.239 e. The molecule has 0 atom stereocenters. The lowest BCUT2D eigenvalue weighted by Gasteiger charge is -2.18. The van der Waals surface area contributed by atoms with Crippen LogP contribution in [0.25, 0.3) is 0 Å². The van der Waals surface area contributed by atoms with Crippen molar-refractivity contribution in [3.8, 4) is 11.5 Å². The number of rotatable bonds is 7. The molecule has 0 bridgehead atoms. The Kier molecular flexibility index (Phi) is 5.43. The third kappa shape index (κ3) is 4.05. The van der Waals surface area contributed by atoms with E-state index in [0.717, 1.165) is 24.9 Å². The van der Waals surface area contributed by atoms with Crippen LogP contribution in [0, 0.1) is 0 Å². The van der Waals surface area contributed by atoms with Gasteiger partial charge in [0, 0.05) is 18.8 Å². The Hall–Kier alpha value is -2.69. The number of carbonyl (C=O) groups excluding carboxylic acids is 1. The van der Waals surface area contributed by atoms with Crippen molar-refractivity contribution in [2.75, 3.05) is 38.8 Å². The van der Waals surface area contributed by atoms with Gasteiger partial charge in [0.15, 0.2) is 11.5 Å². The highest BCUT2D eigenvalue weighted by molar-refractivity contribution is 5.82. The summed E-state index contributed by atoms with van der Waals surface area (Å²) in [7, 11) is 3.24. The summed E-state index contributed by atoms with van der Waals surface area (Å²) in [6, 6.07) is 14.1. The van der Waals surface area contributed by atoms with E-state index in [2.05, 4.69) is 22.3 Å². The summed E-state index contributed by atoms with van der Waals surface area (Å²) in [6.45, 7) is 1.91. The molecule has 132 valence electrons. The Morgan fingerprint density at radius 1 is 1.12 bits per heavy atom. The predicted molar refractivity (Wildman–Crippen MR) is 98.6 cm³/mol. The predicted octanol–water partition coefficient (Wildman–Crippen LogP) is 2.43. The Morgan fingerprint density at radius 2 is 1.92 bits per heavy atom. The maximum absolute atomic E-state index is 12.2. The van der Waals surface area contributed by atoms with E-state index in [1.807, 2.05) is 30.3 Å². The molecule has 0 saturated heterocycles. The summed E-state index contributed by atoms with van der Waals surface area (Å²) >= 11 is 0. The number of fused-ring (bicyclic) bond motifs is 1. The molecule has 0 radical (unpaired) electrons. The summed E-state index contributed by atoms with van der Waals surface area (Å²) < 4.78 is 10.5. The van der Waals surface area contributed by atoms with Crippen LogP contribution < -0.4 is 19.7 Å². The third-order valence-corrected chi connectivity index (χ3v) is 4.50. The Balaban J connectivity index is 1.49. The fraction of sp³-hybridized carbons (Fsp3) is 0.350. The van der Waals surface area contributed by atoms with Crippen molar-refractivity contribution in [2.45, 2.75) is 12.8 Å². The van der Waals surface area contributed by atoms with Gasteiger partial charge in [-0.1, -0.05) is 24.3 Å². The quantitative estimate of drug-likeness (QED) is 0.841. The van der Waals surface area contributed by atoms with Gasteiger partial charge in [0.25, 0.3) is 0 Å². The van der Waals surface area contributed by atoms with E-state index < -0.39 is 0 Å². The Morgan fingerprint density at radius 3 is 2.72 bits per heavy atom. The van der Waals surface area contributed by atoms with Crippen LogP contribution >= 0.6 is 0 Å². The number of benzene rings is 2. The first kappa shape index (κ1) is 17.1. The molecule has 25 heavy (non-hydrogen) atoms. The summed E-state index contributed by atoms with van der Waals surface area (Å²) in [6.07, 6.45) is 1.76. The molecule has 0 aliphatic carbocycles. The van der Waals surface area contributed by atoms with Crippen LogP contribution in [0.5, 0.6) is 11.5 Å². The second kappa shape index (κ2) is 7.92. The summed E-state index contributed by atoms with van der Waals surface area (Å²) in [5.74, 6) is 1.47. The molecular weight excluding hydrogens is 316 g/mol. The van der Waals surface area contributed by atoms with Crippen molar-refractivity contribution < 1.29 is 14.3 Å². The Bertz CT molecular complexity index is 745. The van der Waals surface area contributed by atoms with Crippen molar-refractivity contribution in [1.82, 2.24) is 5.32 Å².